The minimum Gasteiger partial charge on any atom is -0.382 e. The summed E-state index contributed by atoms with van der Waals surface area (Å²) in [4.78, 5) is 12.9. The molecule has 0 bridgehead atoms. The van der Waals surface area contributed by atoms with Gasteiger partial charge in [-0.3, -0.25) is 15.0 Å². The van der Waals surface area contributed by atoms with Gasteiger partial charge in [0.05, 0.1) is 4.92 Å². The third-order valence-electron chi connectivity index (χ3n) is 3.91. The van der Waals surface area contributed by atoms with Crippen molar-refractivity contribution in [3.8, 4) is 0 Å². The van der Waals surface area contributed by atoms with Crippen LogP contribution in [0, 0.1) is 15.5 Å². The van der Waals surface area contributed by atoms with Crippen LogP contribution in [0.15, 0.2) is 18.2 Å². The Balaban J connectivity index is 3.04. The van der Waals surface area contributed by atoms with Gasteiger partial charge in [0.2, 0.25) is 0 Å². The molecule has 0 saturated heterocycles. The van der Waals surface area contributed by atoms with Gasteiger partial charge < -0.3 is 5.32 Å². The number of nitrogens with one attached hydrogen (secondary N) is 1. The number of anilines is 1. The van der Waals surface area contributed by atoms with Gasteiger partial charge in [0.1, 0.15) is 5.69 Å². The SMILES string of the molecule is CNc1c(CN(C)C(C)C(C)(C)C)cccc1[N+](=O)[O-]. The van der Waals surface area contributed by atoms with Crippen molar-refractivity contribution in [2.45, 2.75) is 40.3 Å². The number of hydrogen-bond acceptors (Lipinski definition) is 4. The van der Waals surface area contributed by atoms with Gasteiger partial charge in [0.15, 0.2) is 0 Å². The summed E-state index contributed by atoms with van der Waals surface area (Å²) in [5.41, 5.74) is 1.84. The van der Waals surface area contributed by atoms with Crippen LogP contribution in [0.3, 0.4) is 0 Å². The van der Waals surface area contributed by atoms with Crippen LogP contribution in [-0.2, 0) is 6.54 Å². The Hall–Kier alpha value is -1.62. The molecule has 1 N–H and O–H groups in total. The largest absolute Gasteiger partial charge is 0.382 e. The van der Waals surface area contributed by atoms with E-state index in [1.807, 2.05) is 13.1 Å². The van der Waals surface area contributed by atoms with Gasteiger partial charge in [-0.15, -0.1) is 0 Å². The predicted molar refractivity (Wildman–Crippen MR) is 83.0 cm³/mol. The molecule has 20 heavy (non-hydrogen) atoms. The van der Waals surface area contributed by atoms with Crippen LogP contribution in [0.5, 0.6) is 0 Å². The predicted octanol–water partition coefficient (Wildman–Crippen LogP) is 3.50. The molecule has 0 heterocycles. The van der Waals surface area contributed by atoms with E-state index < -0.39 is 0 Å². The molecule has 0 aliphatic rings. The van der Waals surface area contributed by atoms with E-state index in [9.17, 15) is 10.1 Å². The highest BCUT2D eigenvalue weighted by Gasteiger charge is 2.25. The molecule has 0 radical (unpaired) electrons. The second kappa shape index (κ2) is 6.22. The maximum absolute atomic E-state index is 11.1. The molecule has 1 rings (SSSR count). The number of benzene rings is 1. The van der Waals surface area contributed by atoms with E-state index in [-0.39, 0.29) is 16.0 Å². The number of para-hydroxylation sites is 1. The van der Waals surface area contributed by atoms with Gasteiger partial charge in [-0.25, -0.2) is 0 Å². The maximum Gasteiger partial charge on any atom is 0.292 e. The highest BCUT2D eigenvalue weighted by Crippen LogP contribution is 2.30. The normalized spacial score (nSPS) is 13.3. The Kier molecular flexibility index (Phi) is 5.11. The molecule has 0 aliphatic carbocycles. The van der Waals surface area contributed by atoms with Gasteiger partial charge in [-0.05, 0) is 24.9 Å². The molecule has 112 valence electrons. The first-order valence-corrected chi connectivity index (χ1v) is 6.82. The summed E-state index contributed by atoms with van der Waals surface area (Å²) in [6.45, 7) is 9.44. The lowest BCUT2D eigenvalue weighted by Crippen LogP contribution is -2.38. The van der Waals surface area contributed by atoms with Gasteiger partial charge in [0.25, 0.3) is 5.69 Å². The Morgan fingerprint density at radius 3 is 2.45 bits per heavy atom. The third kappa shape index (κ3) is 3.70. The van der Waals surface area contributed by atoms with Crippen LogP contribution in [0.25, 0.3) is 0 Å². The van der Waals surface area contributed by atoms with Crippen LogP contribution < -0.4 is 5.32 Å². The number of hydrogen-bond donors (Lipinski definition) is 1. The first kappa shape index (κ1) is 16.4. The molecular formula is C15H25N3O2. The van der Waals surface area contributed by atoms with E-state index in [0.717, 1.165) is 5.56 Å². The van der Waals surface area contributed by atoms with Crippen LogP contribution in [0.1, 0.15) is 33.3 Å². The minimum absolute atomic E-state index is 0.127. The fourth-order valence-corrected chi connectivity index (χ4v) is 2.23. The fraction of sp³-hybridized carbons (Fsp3) is 0.600. The number of nitro groups is 1. The maximum atomic E-state index is 11.1. The second-order valence-electron chi connectivity index (χ2n) is 6.28. The smallest absolute Gasteiger partial charge is 0.292 e. The average molecular weight is 279 g/mol. The number of nitro benzene ring substituents is 1. The fourth-order valence-electron chi connectivity index (χ4n) is 2.23. The Morgan fingerprint density at radius 1 is 1.40 bits per heavy atom. The van der Waals surface area contributed by atoms with Gasteiger partial charge in [0, 0.05) is 25.7 Å². The Labute approximate surface area is 121 Å². The van der Waals surface area contributed by atoms with Crippen molar-refractivity contribution in [3.63, 3.8) is 0 Å². The van der Waals surface area contributed by atoms with Crippen LogP contribution in [-0.4, -0.2) is 30.0 Å². The second-order valence-corrected chi connectivity index (χ2v) is 6.28. The lowest BCUT2D eigenvalue weighted by atomic mass is 9.87. The number of rotatable bonds is 5. The topological polar surface area (TPSA) is 58.4 Å². The zero-order valence-corrected chi connectivity index (χ0v) is 13.2. The highest BCUT2D eigenvalue weighted by atomic mass is 16.6. The van der Waals surface area contributed by atoms with Crippen molar-refractivity contribution in [2.75, 3.05) is 19.4 Å². The molecule has 0 aliphatic heterocycles. The van der Waals surface area contributed by atoms with Gasteiger partial charge >= 0.3 is 0 Å². The molecule has 0 fully saturated rings. The van der Waals surface area contributed by atoms with Gasteiger partial charge in [-0.1, -0.05) is 32.9 Å². The van der Waals surface area contributed by atoms with Gasteiger partial charge in [-0.2, -0.15) is 0 Å². The quantitative estimate of drug-likeness (QED) is 0.662. The van der Waals surface area contributed by atoms with Crippen molar-refractivity contribution in [3.05, 3.63) is 33.9 Å². The Morgan fingerprint density at radius 2 is 2.00 bits per heavy atom. The van der Waals surface area contributed by atoms with E-state index in [2.05, 4.69) is 37.9 Å². The van der Waals surface area contributed by atoms with E-state index in [4.69, 9.17) is 0 Å². The highest BCUT2D eigenvalue weighted by molar-refractivity contribution is 5.66. The molecule has 0 amide bonds. The zero-order chi connectivity index (χ0) is 15.5. The standard InChI is InChI=1S/C15H25N3O2/c1-11(15(2,3)4)17(6)10-12-8-7-9-13(18(19)20)14(12)16-5/h7-9,11,16H,10H2,1-6H3. The first-order valence-electron chi connectivity index (χ1n) is 6.82. The monoisotopic (exact) mass is 279 g/mol. The molecule has 0 spiro atoms. The van der Waals surface area contributed by atoms with Crippen molar-refractivity contribution < 1.29 is 4.92 Å². The van der Waals surface area contributed by atoms with Crippen molar-refractivity contribution in [1.82, 2.24) is 4.90 Å². The van der Waals surface area contributed by atoms with Crippen molar-refractivity contribution in [2.24, 2.45) is 5.41 Å². The molecule has 1 unspecified atom stereocenters. The molecule has 0 saturated carbocycles. The van der Waals surface area contributed by atoms with Crippen molar-refractivity contribution >= 4 is 11.4 Å². The molecular weight excluding hydrogens is 254 g/mol. The third-order valence-corrected chi connectivity index (χ3v) is 3.91. The zero-order valence-electron chi connectivity index (χ0n) is 13.2. The van der Waals surface area contributed by atoms with E-state index in [0.29, 0.717) is 18.3 Å². The van der Waals surface area contributed by atoms with E-state index in [1.165, 1.54) is 6.07 Å². The lowest BCUT2D eigenvalue weighted by molar-refractivity contribution is -0.384. The molecule has 1 aromatic carbocycles. The first-order chi connectivity index (χ1) is 9.18. The van der Waals surface area contributed by atoms with Crippen LogP contribution >= 0.6 is 0 Å². The molecule has 5 heteroatoms. The Bertz CT molecular complexity index is 480. The molecule has 5 nitrogen and oxygen atoms in total. The van der Waals surface area contributed by atoms with Crippen molar-refractivity contribution in [1.29, 1.82) is 0 Å². The molecule has 0 aromatic heterocycles. The molecule has 1 aromatic rings. The van der Waals surface area contributed by atoms with E-state index >= 15 is 0 Å². The van der Waals surface area contributed by atoms with Crippen LogP contribution in [0.4, 0.5) is 11.4 Å². The summed E-state index contributed by atoms with van der Waals surface area (Å²) in [6, 6.07) is 5.57. The summed E-state index contributed by atoms with van der Waals surface area (Å²) >= 11 is 0. The van der Waals surface area contributed by atoms with E-state index in [1.54, 1.807) is 13.1 Å². The van der Waals surface area contributed by atoms with Crippen LogP contribution in [0.2, 0.25) is 0 Å². The minimum atomic E-state index is -0.345. The summed E-state index contributed by atoms with van der Waals surface area (Å²) in [5, 5.41) is 14.0. The average Bonchev–Trinajstić information content (AvgIpc) is 2.36. The summed E-state index contributed by atoms with van der Waals surface area (Å²) in [5.74, 6) is 0. The molecule has 1 atom stereocenters. The summed E-state index contributed by atoms with van der Waals surface area (Å²) in [6.07, 6.45) is 0. The summed E-state index contributed by atoms with van der Waals surface area (Å²) in [7, 11) is 3.77. The number of nitrogens with zero attached hydrogens (tertiary/aromatic N) is 2. The lowest BCUT2D eigenvalue weighted by Gasteiger charge is -2.35. The summed E-state index contributed by atoms with van der Waals surface area (Å²) < 4.78 is 0.